The van der Waals surface area contributed by atoms with Crippen molar-refractivity contribution in [2.75, 3.05) is 19.8 Å². The zero-order valence-electron chi connectivity index (χ0n) is 8.99. The van der Waals surface area contributed by atoms with Crippen LogP contribution >= 0.6 is 0 Å². The molecule has 3 rings (SSSR count). The van der Waals surface area contributed by atoms with E-state index in [1.807, 2.05) is 0 Å². The number of alkyl halides is 2. The van der Waals surface area contributed by atoms with Gasteiger partial charge >= 0.3 is 5.92 Å². The minimum absolute atomic E-state index is 0.00579. The zero-order chi connectivity index (χ0) is 12.1. The second kappa shape index (κ2) is 3.36. The van der Waals surface area contributed by atoms with Crippen molar-refractivity contribution in [3.05, 3.63) is 34.8 Å². The Labute approximate surface area is 96.3 Å². The topological polar surface area (TPSA) is 45.4 Å². The molecule has 1 fully saturated rings. The second-order valence-corrected chi connectivity index (χ2v) is 4.39. The zero-order valence-corrected chi connectivity index (χ0v) is 8.99. The van der Waals surface area contributed by atoms with Crippen molar-refractivity contribution in [2.45, 2.75) is 17.9 Å². The molecule has 1 aromatic rings. The lowest BCUT2D eigenvalue weighted by atomic mass is 9.88. The highest BCUT2D eigenvalue weighted by Crippen LogP contribution is 2.45. The molecule has 0 aliphatic carbocycles. The lowest BCUT2D eigenvalue weighted by Gasteiger charge is -2.35. The van der Waals surface area contributed by atoms with Gasteiger partial charge in [-0.05, 0) is 6.07 Å². The van der Waals surface area contributed by atoms with Crippen LogP contribution < -0.4 is 4.73 Å². The number of rotatable bonds is 0. The molecule has 17 heavy (non-hydrogen) atoms. The van der Waals surface area contributed by atoms with Crippen LogP contribution in [-0.2, 0) is 21.0 Å². The fourth-order valence-electron chi connectivity index (χ4n) is 2.45. The Hall–Kier alpha value is -1.27. The molecule has 1 aromatic heterocycles. The molecular formula is C11H11F2NO3. The van der Waals surface area contributed by atoms with Gasteiger partial charge in [-0.3, -0.25) is 0 Å². The van der Waals surface area contributed by atoms with E-state index in [0.29, 0.717) is 17.8 Å². The molecule has 92 valence electrons. The molecule has 0 N–H and O–H groups in total. The van der Waals surface area contributed by atoms with Gasteiger partial charge in [-0.2, -0.15) is 13.5 Å². The Morgan fingerprint density at radius 2 is 2.18 bits per heavy atom. The molecule has 0 aromatic carbocycles. The largest absolute Gasteiger partial charge is 0.618 e. The maximum Gasteiger partial charge on any atom is 0.302 e. The molecule has 1 saturated heterocycles. The molecule has 1 atom stereocenters. The molecule has 0 radical (unpaired) electrons. The molecule has 2 aliphatic rings. The first-order chi connectivity index (χ1) is 8.05. The highest BCUT2D eigenvalue weighted by Gasteiger charge is 2.56. The third kappa shape index (κ3) is 1.44. The van der Waals surface area contributed by atoms with Gasteiger partial charge in [0.1, 0.15) is 6.61 Å². The van der Waals surface area contributed by atoms with E-state index >= 15 is 0 Å². The molecule has 1 spiro atoms. The quantitative estimate of drug-likeness (QED) is 0.505. The molecule has 0 bridgehead atoms. The number of hydrogen-bond donors (Lipinski definition) is 0. The summed E-state index contributed by atoms with van der Waals surface area (Å²) in [7, 11) is 0. The van der Waals surface area contributed by atoms with Gasteiger partial charge in [0, 0.05) is 12.5 Å². The summed E-state index contributed by atoms with van der Waals surface area (Å²) in [6.07, 6.45) is 1.64. The number of ether oxygens (including phenoxy) is 2. The van der Waals surface area contributed by atoms with Crippen LogP contribution in [0.25, 0.3) is 0 Å². The van der Waals surface area contributed by atoms with Gasteiger partial charge in [0.05, 0.1) is 18.8 Å². The Kier molecular flexibility index (Phi) is 2.15. The highest BCUT2D eigenvalue weighted by atomic mass is 19.3. The van der Waals surface area contributed by atoms with Gasteiger partial charge in [0.25, 0.3) is 0 Å². The summed E-state index contributed by atoms with van der Waals surface area (Å²) in [6.45, 7) is -0.129. The summed E-state index contributed by atoms with van der Waals surface area (Å²) in [5.41, 5.74) is -1.25. The average Bonchev–Trinajstić information content (AvgIpc) is 2.74. The van der Waals surface area contributed by atoms with Gasteiger partial charge in [-0.15, -0.1) is 0 Å². The molecule has 4 nitrogen and oxygen atoms in total. The predicted octanol–water partition coefficient (Wildman–Crippen LogP) is 1.06. The number of fused-ring (bicyclic) bond motifs is 2. The van der Waals surface area contributed by atoms with Crippen LogP contribution in [-0.4, -0.2) is 19.8 Å². The van der Waals surface area contributed by atoms with E-state index in [1.54, 1.807) is 0 Å². The number of pyridine rings is 1. The third-order valence-corrected chi connectivity index (χ3v) is 3.30. The van der Waals surface area contributed by atoms with Gasteiger partial charge < -0.3 is 14.7 Å². The van der Waals surface area contributed by atoms with Crippen molar-refractivity contribution in [1.82, 2.24) is 0 Å². The minimum Gasteiger partial charge on any atom is -0.618 e. The standard InChI is InChI=1S/C11H11F2NO3/c12-11(13)7-17-10(3-5-16-6-10)9-8(11)2-1-4-14(9)15/h1-2,4H,3,5-7H2. The summed E-state index contributed by atoms with van der Waals surface area (Å²) in [4.78, 5) is 0. The van der Waals surface area contributed by atoms with Crippen molar-refractivity contribution in [3.8, 4) is 0 Å². The van der Waals surface area contributed by atoms with Crippen LogP contribution in [0.4, 0.5) is 8.78 Å². The van der Waals surface area contributed by atoms with Crippen molar-refractivity contribution in [2.24, 2.45) is 0 Å². The highest BCUT2D eigenvalue weighted by molar-refractivity contribution is 5.30. The Balaban J connectivity index is 2.22. The first-order valence-electron chi connectivity index (χ1n) is 5.38. The Morgan fingerprint density at radius 3 is 2.88 bits per heavy atom. The predicted molar refractivity (Wildman–Crippen MR) is 52.4 cm³/mol. The van der Waals surface area contributed by atoms with Crippen molar-refractivity contribution < 1.29 is 23.0 Å². The number of halogens is 2. The van der Waals surface area contributed by atoms with Gasteiger partial charge in [0.2, 0.25) is 5.69 Å². The Morgan fingerprint density at radius 1 is 1.35 bits per heavy atom. The monoisotopic (exact) mass is 243 g/mol. The number of nitrogens with zero attached hydrogens (tertiary/aromatic N) is 1. The first kappa shape index (κ1) is 10.9. The van der Waals surface area contributed by atoms with E-state index in [-0.39, 0.29) is 17.9 Å². The summed E-state index contributed by atoms with van der Waals surface area (Å²) in [5, 5.41) is 11.8. The summed E-state index contributed by atoms with van der Waals surface area (Å²) in [6, 6.07) is 2.61. The van der Waals surface area contributed by atoms with Crippen LogP contribution in [0, 0.1) is 5.21 Å². The molecule has 6 heteroatoms. The normalized spacial score (nSPS) is 30.5. The lowest BCUT2D eigenvalue weighted by molar-refractivity contribution is -0.626. The van der Waals surface area contributed by atoms with Crippen molar-refractivity contribution in [3.63, 3.8) is 0 Å². The van der Waals surface area contributed by atoms with Gasteiger partial charge in [-0.25, -0.2) is 0 Å². The average molecular weight is 243 g/mol. The van der Waals surface area contributed by atoms with Gasteiger partial charge in [-0.1, -0.05) is 0 Å². The third-order valence-electron chi connectivity index (χ3n) is 3.30. The van der Waals surface area contributed by atoms with Crippen LogP contribution in [0.1, 0.15) is 17.7 Å². The lowest BCUT2D eigenvalue weighted by Crippen LogP contribution is -2.51. The van der Waals surface area contributed by atoms with Crippen LogP contribution in [0.15, 0.2) is 18.3 Å². The summed E-state index contributed by atoms with van der Waals surface area (Å²) < 4.78 is 38.3. The molecule has 3 heterocycles. The van der Waals surface area contributed by atoms with Crippen molar-refractivity contribution in [1.29, 1.82) is 0 Å². The Bertz CT molecular complexity index is 458. The molecule has 1 unspecified atom stereocenters. The van der Waals surface area contributed by atoms with Crippen molar-refractivity contribution >= 4 is 0 Å². The smallest absolute Gasteiger partial charge is 0.302 e. The van der Waals surface area contributed by atoms with Crippen LogP contribution in [0.5, 0.6) is 0 Å². The fourth-order valence-corrected chi connectivity index (χ4v) is 2.45. The van der Waals surface area contributed by atoms with E-state index in [4.69, 9.17) is 9.47 Å². The van der Waals surface area contributed by atoms with Crippen LogP contribution in [0.2, 0.25) is 0 Å². The second-order valence-electron chi connectivity index (χ2n) is 4.39. The van der Waals surface area contributed by atoms with E-state index in [0.717, 1.165) is 0 Å². The molecule has 0 amide bonds. The number of aromatic nitrogens is 1. The maximum atomic E-state index is 13.7. The molecule has 0 saturated carbocycles. The van der Waals surface area contributed by atoms with E-state index in [9.17, 15) is 14.0 Å². The number of hydrogen-bond acceptors (Lipinski definition) is 3. The minimum atomic E-state index is -3.11. The first-order valence-corrected chi connectivity index (χ1v) is 5.38. The van der Waals surface area contributed by atoms with Crippen LogP contribution in [0.3, 0.4) is 0 Å². The fraction of sp³-hybridized carbons (Fsp3) is 0.545. The maximum absolute atomic E-state index is 13.7. The van der Waals surface area contributed by atoms with E-state index in [2.05, 4.69) is 0 Å². The summed E-state index contributed by atoms with van der Waals surface area (Å²) in [5.74, 6) is -3.11. The van der Waals surface area contributed by atoms with Gasteiger partial charge in [0.15, 0.2) is 11.8 Å². The SMILES string of the molecule is [O-][n+]1cccc2c1C1(CCOC1)OCC2(F)F. The van der Waals surface area contributed by atoms with E-state index < -0.39 is 18.1 Å². The van der Waals surface area contributed by atoms with E-state index in [1.165, 1.54) is 18.3 Å². The summed E-state index contributed by atoms with van der Waals surface area (Å²) >= 11 is 0. The molecular weight excluding hydrogens is 232 g/mol. The molecule has 2 aliphatic heterocycles.